The van der Waals surface area contributed by atoms with Gasteiger partial charge in [0.2, 0.25) is 0 Å². The van der Waals surface area contributed by atoms with Crippen LogP contribution in [0.25, 0.3) is 0 Å². The lowest BCUT2D eigenvalue weighted by Gasteiger charge is -2.54. The van der Waals surface area contributed by atoms with E-state index in [9.17, 15) is 5.11 Å². The van der Waals surface area contributed by atoms with Crippen LogP contribution in [0.1, 0.15) is 27.7 Å². The minimum Gasteiger partial charge on any atom is -0.396 e. The van der Waals surface area contributed by atoms with Gasteiger partial charge >= 0.3 is 0 Å². The summed E-state index contributed by atoms with van der Waals surface area (Å²) in [4.78, 5) is 0. The van der Waals surface area contributed by atoms with Crippen molar-refractivity contribution in [2.75, 3.05) is 13.2 Å². The molecule has 1 saturated heterocycles. The van der Waals surface area contributed by atoms with Crippen molar-refractivity contribution in [3.05, 3.63) is 23.8 Å². The Bertz CT molecular complexity index is 345. The molecule has 2 heteroatoms. The van der Waals surface area contributed by atoms with Gasteiger partial charge in [0.1, 0.15) is 0 Å². The summed E-state index contributed by atoms with van der Waals surface area (Å²) in [5, 5.41) is 9.81. The maximum atomic E-state index is 9.81. The second-order valence-corrected chi connectivity index (χ2v) is 5.71. The monoisotopic (exact) mass is 236 g/mol. The van der Waals surface area contributed by atoms with E-state index >= 15 is 0 Å². The smallest absolute Gasteiger partial charge is 0.0823 e. The zero-order chi connectivity index (χ0) is 12.6. The molecule has 2 nitrogen and oxygen atoms in total. The van der Waals surface area contributed by atoms with Gasteiger partial charge < -0.3 is 9.84 Å². The Balaban J connectivity index is 2.40. The number of fused-ring (bicyclic) bond motifs is 2. The number of hydrogen-bond acceptors (Lipinski definition) is 2. The molecule has 2 bridgehead atoms. The van der Waals surface area contributed by atoms with Gasteiger partial charge in [0.05, 0.1) is 19.3 Å². The van der Waals surface area contributed by atoms with Gasteiger partial charge in [-0.1, -0.05) is 37.6 Å². The highest BCUT2D eigenvalue weighted by Crippen LogP contribution is 2.52. The van der Waals surface area contributed by atoms with Crippen molar-refractivity contribution in [3.8, 4) is 0 Å². The Labute approximate surface area is 104 Å². The molecule has 2 rings (SSSR count). The first-order valence-electron chi connectivity index (χ1n) is 6.60. The zero-order valence-electron chi connectivity index (χ0n) is 11.3. The van der Waals surface area contributed by atoms with Gasteiger partial charge in [-0.3, -0.25) is 0 Å². The van der Waals surface area contributed by atoms with Crippen molar-refractivity contribution in [3.63, 3.8) is 0 Å². The van der Waals surface area contributed by atoms with Crippen molar-refractivity contribution < 1.29 is 9.84 Å². The first-order valence-corrected chi connectivity index (χ1v) is 6.60. The molecule has 5 unspecified atom stereocenters. The van der Waals surface area contributed by atoms with Crippen LogP contribution in [0.3, 0.4) is 0 Å². The van der Waals surface area contributed by atoms with E-state index in [-0.39, 0.29) is 18.1 Å². The maximum Gasteiger partial charge on any atom is 0.0823 e. The van der Waals surface area contributed by atoms with Gasteiger partial charge in [-0.2, -0.15) is 0 Å². The summed E-state index contributed by atoms with van der Waals surface area (Å²) >= 11 is 0. The third kappa shape index (κ3) is 1.78. The van der Waals surface area contributed by atoms with Gasteiger partial charge in [0.15, 0.2) is 0 Å². The number of ether oxygens (including phenoxy) is 1. The van der Waals surface area contributed by atoms with Crippen molar-refractivity contribution in [2.24, 2.45) is 23.2 Å². The lowest BCUT2D eigenvalue weighted by molar-refractivity contribution is -0.148. The van der Waals surface area contributed by atoms with Crippen molar-refractivity contribution in [1.29, 1.82) is 0 Å². The van der Waals surface area contributed by atoms with Gasteiger partial charge in [0, 0.05) is 11.3 Å². The highest BCUT2D eigenvalue weighted by Gasteiger charge is 2.52. The second-order valence-electron chi connectivity index (χ2n) is 5.71. The first-order chi connectivity index (χ1) is 8.06. The summed E-state index contributed by atoms with van der Waals surface area (Å²) in [6.07, 6.45) is 6.73. The number of aliphatic hydroxyl groups excluding tert-OH is 1. The molecule has 0 amide bonds. The van der Waals surface area contributed by atoms with Gasteiger partial charge in [0.25, 0.3) is 0 Å². The molecule has 0 aromatic rings. The van der Waals surface area contributed by atoms with Crippen LogP contribution in [-0.2, 0) is 4.74 Å². The van der Waals surface area contributed by atoms with E-state index in [1.165, 1.54) is 5.57 Å². The fourth-order valence-electron chi connectivity index (χ4n) is 3.70. The Morgan fingerprint density at radius 3 is 2.82 bits per heavy atom. The van der Waals surface area contributed by atoms with Crippen molar-refractivity contribution in [2.45, 2.75) is 33.8 Å². The topological polar surface area (TPSA) is 29.5 Å². The van der Waals surface area contributed by atoms with E-state index in [1.807, 2.05) is 6.92 Å². The summed E-state index contributed by atoms with van der Waals surface area (Å²) in [7, 11) is 0. The Kier molecular flexibility index (Phi) is 3.46. The number of rotatable bonds is 2. The molecule has 96 valence electrons. The maximum absolute atomic E-state index is 9.81. The van der Waals surface area contributed by atoms with Gasteiger partial charge in [-0.15, -0.1) is 0 Å². The Morgan fingerprint density at radius 1 is 1.53 bits per heavy atom. The molecule has 1 heterocycles. The molecule has 1 aliphatic heterocycles. The molecule has 2 aliphatic rings. The molecule has 0 spiro atoms. The van der Waals surface area contributed by atoms with Crippen molar-refractivity contribution in [1.82, 2.24) is 0 Å². The van der Waals surface area contributed by atoms with Crippen LogP contribution in [0.5, 0.6) is 0 Å². The summed E-state index contributed by atoms with van der Waals surface area (Å²) in [6.45, 7) is 9.59. The van der Waals surface area contributed by atoms with Gasteiger partial charge in [-0.25, -0.2) is 0 Å². The Morgan fingerprint density at radius 2 is 2.24 bits per heavy atom. The standard InChI is InChI=1S/C15H24O2/c1-5-6-13-14-10(2)7-11(3)15(8-16,9-17-13)12(14)4/h5-7,11-14,16H,8-9H2,1-4H3/b6-5+. The third-order valence-electron chi connectivity index (χ3n) is 4.97. The van der Waals surface area contributed by atoms with Crippen LogP contribution in [0.2, 0.25) is 0 Å². The minimum absolute atomic E-state index is 0.0811. The normalized spacial score (nSPS) is 46.1. The van der Waals surface area contributed by atoms with Crippen LogP contribution in [0.4, 0.5) is 0 Å². The first kappa shape index (κ1) is 12.8. The minimum atomic E-state index is -0.0811. The average Bonchev–Trinajstić information content (AvgIpc) is 2.28. The van der Waals surface area contributed by atoms with E-state index in [4.69, 9.17) is 4.74 Å². The quantitative estimate of drug-likeness (QED) is 0.747. The fraction of sp³-hybridized carbons (Fsp3) is 0.733. The number of hydrogen-bond donors (Lipinski definition) is 1. The summed E-state index contributed by atoms with van der Waals surface area (Å²) in [5.41, 5.74) is 1.33. The molecule has 1 aliphatic carbocycles. The van der Waals surface area contributed by atoms with E-state index < -0.39 is 0 Å². The van der Waals surface area contributed by atoms with E-state index in [2.05, 4.69) is 39.0 Å². The molecule has 0 radical (unpaired) electrons. The predicted octanol–water partition coefficient (Wildman–Crippen LogP) is 2.79. The Hall–Kier alpha value is -0.600. The third-order valence-corrected chi connectivity index (χ3v) is 4.97. The average molecular weight is 236 g/mol. The summed E-state index contributed by atoms with van der Waals surface area (Å²) < 4.78 is 6.00. The zero-order valence-corrected chi connectivity index (χ0v) is 11.3. The number of allylic oxidation sites excluding steroid dienone is 2. The second kappa shape index (κ2) is 4.58. The van der Waals surface area contributed by atoms with E-state index in [1.54, 1.807) is 0 Å². The molecule has 0 saturated carbocycles. The number of aliphatic hydroxyl groups is 1. The molecular formula is C15H24O2. The summed E-state index contributed by atoms with van der Waals surface area (Å²) in [5.74, 6) is 1.29. The molecule has 1 fully saturated rings. The van der Waals surface area contributed by atoms with Crippen LogP contribution >= 0.6 is 0 Å². The lowest BCUT2D eigenvalue weighted by atomic mass is 9.56. The van der Waals surface area contributed by atoms with Crippen LogP contribution in [-0.4, -0.2) is 24.4 Å². The predicted molar refractivity (Wildman–Crippen MR) is 69.6 cm³/mol. The molecule has 0 aromatic carbocycles. The SMILES string of the molecule is C/C=C/C1OCC2(CO)C(C)C=C(C)C1C2C. The van der Waals surface area contributed by atoms with Crippen LogP contribution < -0.4 is 0 Å². The molecule has 0 aromatic heterocycles. The summed E-state index contributed by atoms with van der Waals surface area (Å²) in [6, 6.07) is 0. The molecule has 1 N–H and O–H groups in total. The van der Waals surface area contributed by atoms with Crippen molar-refractivity contribution >= 4 is 0 Å². The molecule has 17 heavy (non-hydrogen) atoms. The highest BCUT2D eigenvalue weighted by atomic mass is 16.5. The van der Waals surface area contributed by atoms with Crippen LogP contribution in [0.15, 0.2) is 23.8 Å². The highest BCUT2D eigenvalue weighted by molar-refractivity contribution is 5.22. The van der Waals surface area contributed by atoms with E-state index in [0.29, 0.717) is 24.4 Å². The molecular weight excluding hydrogens is 212 g/mol. The lowest BCUT2D eigenvalue weighted by Crippen LogP contribution is -2.55. The van der Waals surface area contributed by atoms with Crippen LogP contribution in [0, 0.1) is 23.2 Å². The van der Waals surface area contributed by atoms with E-state index in [0.717, 1.165) is 0 Å². The largest absolute Gasteiger partial charge is 0.396 e. The fourth-order valence-corrected chi connectivity index (χ4v) is 3.70. The van der Waals surface area contributed by atoms with Gasteiger partial charge in [-0.05, 0) is 25.7 Å². The molecule has 5 atom stereocenters.